The highest BCUT2D eigenvalue weighted by molar-refractivity contribution is 5.76. The molecule has 0 aromatic heterocycles. The largest absolute Gasteiger partial charge is 0.379 e. The number of hydrogen-bond donors (Lipinski definition) is 0. The molecule has 2 aliphatic rings. The van der Waals surface area contributed by atoms with Crippen LogP contribution < -0.4 is 0 Å². The summed E-state index contributed by atoms with van der Waals surface area (Å²) in [5.41, 5.74) is 1.18. The number of nitrogens with zero attached hydrogens (tertiary/aromatic N) is 2. The number of likely N-dealkylation sites (tertiary alicyclic amines) is 1. The molecule has 2 saturated heterocycles. The first-order chi connectivity index (χ1) is 12.8. The van der Waals surface area contributed by atoms with E-state index in [2.05, 4.69) is 21.9 Å². The SMILES string of the molecule is O=C(CCCOCc1ccccc1)N1CCCC[C@H]1CN1CCOCC1. The number of hydrogen-bond acceptors (Lipinski definition) is 4. The molecule has 0 aliphatic carbocycles. The van der Waals surface area contributed by atoms with Crippen LogP contribution in [0.1, 0.15) is 37.7 Å². The maximum Gasteiger partial charge on any atom is 0.222 e. The summed E-state index contributed by atoms with van der Waals surface area (Å²) in [4.78, 5) is 17.3. The predicted molar refractivity (Wildman–Crippen MR) is 102 cm³/mol. The Morgan fingerprint density at radius 3 is 2.73 bits per heavy atom. The van der Waals surface area contributed by atoms with Gasteiger partial charge >= 0.3 is 0 Å². The van der Waals surface area contributed by atoms with Gasteiger partial charge in [-0.2, -0.15) is 0 Å². The minimum absolute atomic E-state index is 0.297. The van der Waals surface area contributed by atoms with Crippen molar-refractivity contribution in [3.63, 3.8) is 0 Å². The molecule has 0 unspecified atom stereocenters. The van der Waals surface area contributed by atoms with Crippen molar-refractivity contribution >= 4 is 5.91 Å². The number of morpholine rings is 1. The maximum atomic E-state index is 12.7. The molecule has 0 spiro atoms. The first-order valence-electron chi connectivity index (χ1n) is 10.0. The molecule has 5 heteroatoms. The van der Waals surface area contributed by atoms with Gasteiger partial charge in [-0.3, -0.25) is 9.69 Å². The molecule has 0 bridgehead atoms. The van der Waals surface area contributed by atoms with E-state index >= 15 is 0 Å². The van der Waals surface area contributed by atoms with E-state index in [0.717, 1.165) is 58.7 Å². The Morgan fingerprint density at radius 1 is 1.12 bits per heavy atom. The molecule has 0 N–H and O–H groups in total. The average Bonchev–Trinajstić information content (AvgIpc) is 2.69. The summed E-state index contributed by atoms with van der Waals surface area (Å²) in [6.07, 6.45) is 4.89. The van der Waals surface area contributed by atoms with Gasteiger partial charge in [-0.05, 0) is 31.2 Å². The van der Waals surface area contributed by atoms with Gasteiger partial charge in [0.1, 0.15) is 0 Å². The third-order valence-electron chi connectivity index (χ3n) is 5.31. The van der Waals surface area contributed by atoms with E-state index in [-0.39, 0.29) is 0 Å². The van der Waals surface area contributed by atoms with E-state index in [0.29, 0.717) is 31.6 Å². The zero-order valence-electron chi connectivity index (χ0n) is 15.8. The summed E-state index contributed by atoms with van der Waals surface area (Å²) in [7, 11) is 0. The number of rotatable bonds is 8. The predicted octanol–water partition coefficient (Wildman–Crippen LogP) is 2.70. The molecule has 26 heavy (non-hydrogen) atoms. The lowest BCUT2D eigenvalue weighted by atomic mass is 10.0. The summed E-state index contributed by atoms with van der Waals surface area (Å²) >= 11 is 0. The second-order valence-electron chi connectivity index (χ2n) is 7.29. The first kappa shape index (κ1) is 19.3. The fraction of sp³-hybridized carbons (Fsp3) is 0.667. The van der Waals surface area contributed by atoms with Crippen molar-refractivity contribution in [1.82, 2.24) is 9.80 Å². The Morgan fingerprint density at radius 2 is 1.92 bits per heavy atom. The molecule has 5 nitrogen and oxygen atoms in total. The minimum Gasteiger partial charge on any atom is -0.379 e. The van der Waals surface area contributed by atoms with Gasteiger partial charge in [-0.25, -0.2) is 0 Å². The molecule has 1 aromatic carbocycles. The lowest BCUT2D eigenvalue weighted by molar-refractivity contribution is -0.136. The molecule has 1 atom stereocenters. The molecule has 2 heterocycles. The van der Waals surface area contributed by atoms with Gasteiger partial charge in [-0.15, -0.1) is 0 Å². The summed E-state index contributed by atoms with van der Waals surface area (Å²) in [6.45, 7) is 6.80. The smallest absolute Gasteiger partial charge is 0.222 e. The highest BCUT2D eigenvalue weighted by atomic mass is 16.5. The number of amides is 1. The van der Waals surface area contributed by atoms with Crippen molar-refractivity contribution < 1.29 is 14.3 Å². The lowest BCUT2D eigenvalue weighted by Gasteiger charge is -2.39. The van der Waals surface area contributed by atoms with Crippen LogP contribution in [0.15, 0.2) is 30.3 Å². The molecule has 0 radical (unpaired) electrons. The van der Waals surface area contributed by atoms with E-state index in [9.17, 15) is 4.79 Å². The Labute approximate surface area is 157 Å². The van der Waals surface area contributed by atoms with E-state index < -0.39 is 0 Å². The van der Waals surface area contributed by atoms with Crippen LogP contribution >= 0.6 is 0 Å². The minimum atomic E-state index is 0.297. The van der Waals surface area contributed by atoms with Crippen LogP contribution in [0.3, 0.4) is 0 Å². The number of benzene rings is 1. The summed E-state index contributed by atoms with van der Waals surface area (Å²) in [6, 6.07) is 10.6. The Bertz CT molecular complexity index is 531. The lowest BCUT2D eigenvalue weighted by Crippen LogP contribution is -2.51. The highest BCUT2D eigenvalue weighted by Crippen LogP contribution is 2.20. The zero-order chi connectivity index (χ0) is 18.0. The zero-order valence-corrected chi connectivity index (χ0v) is 15.8. The average molecular weight is 360 g/mol. The number of carbonyl (C=O) groups is 1. The molecule has 144 valence electrons. The van der Waals surface area contributed by atoms with Crippen LogP contribution in [0.4, 0.5) is 0 Å². The first-order valence-corrected chi connectivity index (χ1v) is 10.0. The Kier molecular flexibility index (Phi) is 7.92. The van der Waals surface area contributed by atoms with E-state index in [1.54, 1.807) is 0 Å². The van der Waals surface area contributed by atoms with E-state index in [1.165, 1.54) is 12.0 Å². The molecule has 2 aliphatic heterocycles. The summed E-state index contributed by atoms with van der Waals surface area (Å²) in [5, 5.41) is 0. The van der Waals surface area contributed by atoms with Gasteiger partial charge in [0.25, 0.3) is 0 Å². The monoisotopic (exact) mass is 360 g/mol. The second-order valence-corrected chi connectivity index (χ2v) is 7.29. The van der Waals surface area contributed by atoms with Crippen LogP contribution in [-0.4, -0.2) is 67.7 Å². The molecule has 0 saturated carbocycles. The fourth-order valence-corrected chi connectivity index (χ4v) is 3.83. The molecular formula is C21H32N2O3. The van der Waals surface area contributed by atoms with E-state index in [4.69, 9.17) is 9.47 Å². The van der Waals surface area contributed by atoms with Gasteiger partial charge in [0.05, 0.1) is 19.8 Å². The van der Waals surface area contributed by atoms with Crippen molar-refractivity contribution in [2.45, 2.75) is 44.8 Å². The van der Waals surface area contributed by atoms with Gasteiger partial charge in [0, 0.05) is 45.2 Å². The molecule has 1 amide bonds. The molecule has 2 fully saturated rings. The van der Waals surface area contributed by atoms with Crippen LogP contribution in [0.2, 0.25) is 0 Å². The van der Waals surface area contributed by atoms with Crippen LogP contribution in [0, 0.1) is 0 Å². The van der Waals surface area contributed by atoms with Crippen molar-refractivity contribution in [3.8, 4) is 0 Å². The van der Waals surface area contributed by atoms with Crippen molar-refractivity contribution in [1.29, 1.82) is 0 Å². The molecular weight excluding hydrogens is 328 g/mol. The number of piperidine rings is 1. The molecule has 3 rings (SSSR count). The van der Waals surface area contributed by atoms with Crippen molar-refractivity contribution in [2.75, 3.05) is 46.0 Å². The number of carbonyl (C=O) groups excluding carboxylic acids is 1. The van der Waals surface area contributed by atoms with Gasteiger partial charge in [0.15, 0.2) is 0 Å². The fourth-order valence-electron chi connectivity index (χ4n) is 3.83. The Hall–Kier alpha value is -1.43. The quantitative estimate of drug-likeness (QED) is 0.669. The summed E-state index contributed by atoms with van der Waals surface area (Å²) < 4.78 is 11.1. The van der Waals surface area contributed by atoms with Gasteiger partial charge < -0.3 is 14.4 Å². The number of ether oxygens (including phenoxy) is 2. The second kappa shape index (κ2) is 10.7. The topological polar surface area (TPSA) is 42.0 Å². The van der Waals surface area contributed by atoms with E-state index in [1.807, 2.05) is 18.2 Å². The normalized spacial score (nSPS) is 21.7. The van der Waals surface area contributed by atoms with Crippen LogP contribution in [0.25, 0.3) is 0 Å². The van der Waals surface area contributed by atoms with Crippen molar-refractivity contribution in [3.05, 3.63) is 35.9 Å². The standard InChI is InChI=1S/C21H32N2O3/c24-21(10-6-14-26-18-19-7-2-1-3-8-19)23-11-5-4-9-20(23)17-22-12-15-25-16-13-22/h1-3,7-8,20H,4-6,9-18H2/t20-/m0/s1. The third-order valence-corrected chi connectivity index (χ3v) is 5.31. The molecule has 1 aromatic rings. The van der Waals surface area contributed by atoms with Crippen molar-refractivity contribution in [2.24, 2.45) is 0 Å². The highest BCUT2D eigenvalue weighted by Gasteiger charge is 2.28. The third kappa shape index (κ3) is 6.08. The Balaban J connectivity index is 1.37. The van der Waals surface area contributed by atoms with Gasteiger partial charge in [-0.1, -0.05) is 30.3 Å². The van der Waals surface area contributed by atoms with Crippen LogP contribution in [-0.2, 0) is 20.9 Å². The summed E-state index contributed by atoms with van der Waals surface area (Å²) in [5.74, 6) is 0.297. The van der Waals surface area contributed by atoms with Crippen LogP contribution in [0.5, 0.6) is 0 Å². The maximum absolute atomic E-state index is 12.7. The van der Waals surface area contributed by atoms with Gasteiger partial charge in [0.2, 0.25) is 5.91 Å².